The number of benzene rings is 1. The van der Waals surface area contributed by atoms with Crippen molar-refractivity contribution in [3.05, 3.63) is 35.4 Å². The Balaban J connectivity index is 2.36. The Bertz CT molecular complexity index is 480. The van der Waals surface area contributed by atoms with E-state index >= 15 is 0 Å². The number of carbonyl (C=O) groups excluding carboxylic acids is 1. The molecule has 0 radical (unpaired) electrons. The van der Waals surface area contributed by atoms with Crippen LogP contribution in [0.15, 0.2) is 24.3 Å². The average Bonchev–Trinajstić information content (AvgIpc) is 2.44. The van der Waals surface area contributed by atoms with E-state index in [1.165, 1.54) is 11.8 Å². The standard InChI is InChI=1S/C16H21NO2S/c1-12(2)7-8-19-16(18)13(3)20-11-15-6-4-5-14(9-15)10-17/h4-6,9,12-13H,7-8,11H2,1-3H3. The Hall–Kier alpha value is -1.47. The van der Waals surface area contributed by atoms with Crippen LogP contribution in [0, 0.1) is 17.2 Å². The zero-order valence-electron chi connectivity index (χ0n) is 12.3. The zero-order chi connectivity index (χ0) is 15.0. The Morgan fingerprint density at radius 3 is 2.80 bits per heavy atom. The number of thioether (sulfide) groups is 1. The minimum atomic E-state index is -0.187. The van der Waals surface area contributed by atoms with E-state index in [1.807, 2.05) is 25.1 Å². The van der Waals surface area contributed by atoms with Crippen molar-refractivity contribution in [2.75, 3.05) is 6.61 Å². The normalized spacial score (nSPS) is 11.9. The lowest BCUT2D eigenvalue weighted by Gasteiger charge is -2.12. The van der Waals surface area contributed by atoms with E-state index in [-0.39, 0.29) is 11.2 Å². The van der Waals surface area contributed by atoms with E-state index < -0.39 is 0 Å². The molecule has 1 aromatic carbocycles. The predicted molar refractivity (Wildman–Crippen MR) is 82.3 cm³/mol. The Morgan fingerprint density at radius 1 is 1.40 bits per heavy atom. The van der Waals surface area contributed by atoms with Gasteiger partial charge in [-0.3, -0.25) is 4.79 Å². The van der Waals surface area contributed by atoms with Gasteiger partial charge in [0, 0.05) is 5.75 Å². The van der Waals surface area contributed by atoms with Crippen molar-refractivity contribution in [1.29, 1.82) is 5.26 Å². The van der Waals surface area contributed by atoms with Gasteiger partial charge in [-0.15, -0.1) is 11.8 Å². The number of hydrogen-bond donors (Lipinski definition) is 0. The molecule has 0 aliphatic rings. The van der Waals surface area contributed by atoms with E-state index in [0.717, 1.165) is 12.0 Å². The summed E-state index contributed by atoms with van der Waals surface area (Å²) in [7, 11) is 0. The van der Waals surface area contributed by atoms with Crippen molar-refractivity contribution >= 4 is 17.7 Å². The summed E-state index contributed by atoms with van der Waals surface area (Å²) in [4.78, 5) is 11.8. The molecule has 0 heterocycles. The molecular formula is C16H21NO2S. The van der Waals surface area contributed by atoms with Crippen molar-refractivity contribution in [2.24, 2.45) is 5.92 Å². The number of hydrogen-bond acceptors (Lipinski definition) is 4. The van der Waals surface area contributed by atoms with Gasteiger partial charge in [0.1, 0.15) is 0 Å². The Morgan fingerprint density at radius 2 is 2.15 bits per heavy atom. The lowest BCUT2D eigenvalue weighted by Crippen LogP contribution is -2.18. The molecule has 0 amide bonds. The van der Waals surface area contributed by atoms with Crippen LogP contribution in [-0.2, 0) is 15.3 Å². The minimum Gasteiger partial charge on any atom is -0.465 e. The molecule has 0 saturated heterocycles. The first kappa shape index (κ1) is 16.6. The minimum absolute atomic E-state index is 0.160. The maximum absolute atomic E-state index is 11.8. The molecule has 0 aromatic heterocycles. The molecule has 1 rings (SSSR count). The van der Waals surface area contributed by atoms with Crippen LogP contribution < -0.4 is 0 Å². The summed E-state index contributed by atoms with van der Waals surface area (Å²) < 4.78 is 5.24. The lowest BCUT2D eigenvalue weighted by atomic mass is 10.1. The molecule has 0 aliphatic heterocycles. The summed E-state index contributed by atoms with van der Waals surface area (Å²) in [6.45, 7) is 6.56. The van der Waals surface area contributed by atoms with Gasteiger partial charge >= 0.3 is 5.97 Å². The molecule has 0 fully saturated rings. The van der Waals surface area contributed by atoms with Crippen LogP contribution in [0.1, 0.15) is 38.3 Å². The largest absolute Gasteiger partial charge is 0.465 e. The van der Waals surface area contributed by atoms with Crippen LogP contribution >= 0.6 is 11.8 Å². The molecule has 1 aromatic rings. The van der Waals surface area contributed by atoms with Crippen LogP contribution in [0.25, 0.3) is 0 Å². The van der Waals surface area contributed by atoms with Gasteiger partial charge in [-0.2, -0.15) is 5.26 Å². The summed E-state index contributed by atoms with van der Waals surface area (Å²) >= 11 is 1.53. The van der Waals surface area contributed by atoms with Crippen molar-refractivity contribution in [1.82, 2.24) is 0 Å². The maximum atomic E-state index is 11.8. The first-order chi connectivity index (χ1) is 9.52. The maximum Gasteiger partial charge on any atom is 0.318 e. The van der Waals surface area contributed by atoms with Crippen LogP contribution in [0.3, 0.4) is 0 Å². The third-order valence-corrected chi connectivity index (χ3v) is 4.02. The van der Waals surface area contributed by atoms with Gasteiger partial charge in [0.05, 0.1) is 23.5 Å². The molecule has 0 saturated carbocycles. The summed E-state index contributed by atoms with van der Waals surface area (Å²) in [5.74, 6) is 1.09. The first-order valence-corrected chi connectivity index (χ1v) is 7.85. The fourth-order valence-electron chi connectivity index (χ4n) is 1.53. The SMILES string of the molecule is CC(C)CCOC(=O)C(C)SCc1cccc(C#N)c1. The smallest absolute Gasteiger partial charge is 0.318 e. The third kappa shape index (κ3) is 6.12. The molecule has 0 spiro atoms. The quantitative estimate of drug-likeness (QED) is 0.718. The molecule has 1 unspecified atom stereocenters. The van der Waals surface area contributed by atoms with Crippen LogP contribution in [-0.4, -0.2) is 17.8 Å². The highest BCUT2D eigenvalue weighted by molar-refractivity contribution is 7.99. The summed E-state index contributed by atoms with van der Waals surface area (Å²) in [5, 5.41) is 8.65. The number of nitriles is 1. The van der Waals surface area contributed by atoms with E-state index in [2.05, 4.69) is 19.9 Å². The van der Waals surface area contributed by atoms with E-state index in [0.29, 0.717) is 23.8 Å². The molecule has 4 heteroatoms. The van der Waals surface area contributed by atoms with E-state index in [1.54, 1.807) is 6.07 Å². The lowest BCUT2D eigenvalue weighted by molar-refractivity contribution is -0.142. The van der Waals surface area contributed by atoms with Gasteiger partial charge < -0.3 is 4.74 Å². The van der Waals surface area contributed by atoms with Gasteiger partial charge in [0.2, 0.25) is 0 Å². The predicted octanol–water partition coefficient (Wildman–Crippen LogP) is 3.77. The second kappa shape index (κ2) is 8.65. The number of carbonyl (C=O) groups is 1. The highest BCUT2D eigenvalue weighted by Gasteiger charge is 2.15. The molecule has 20 heavy (non-hydrogen) atoms. The Labute approximate surface area is 125 Å². The monoisotopic (exact) mass is 291 g/mol. The average molecular weight is 291 g/mol. The fraction of sp³-hybridized carbons (Fsp3) is 0.500. The van der Waals surface area contributed by atoms with Gasteiger partial charge in [-0.05, 0) is 37.0 Å². The summed E-state index contributed by atoms with van der Waals surface area (Å²) in [5.41, 5.74) is 1.70. The van der Waals surface area contributed by atoms with Crippen molar-refractivity contribution in [2.45, 2.75) is 38.2 Å². The topological polar surface area (TPSA) is 50.1 Å². The molecule has 0 aliphatic carbocycles. The van der Waals surface area contributed by atoms with Crippen LogP contribution in [0.4, 0.5) is 0 Å². The second-order valence-electron chi connectivity index (χ2n) is 5.12. The Kier molecular flexibility index (Phi) is 7.17. The number of nitrogens with zero attached hydrogens (tertiary/aromatic N) is 1. The summed E-state index contributed by atoms with van der Waals surface area (Å²) in [6.07, 6.45) is 0.896. The van der Waals surface area contributed by atoms with Crippen molar-refractivity contribution in [3.8, 4) is 6.07 Å². The molecule has 0 N–H and O–H groups in total. The number of esters is 1. The van der Waals surface area contributed by atoms with Crippen molar-refractivity contribution < 1.29 is 9.53 Å². The summed E-state index contributed by atoms with van der Waals surface area (Å²) in [6, 6.07) is 9.57. The van der Waals surface area contributed by atoms with Gasteiger partial charge in [0.25, 0.3) is 0 Å². The fourth-order valence-corrected chi connectivity index (χ4v) is 2.36. The third-order valence-electron chi connectivity index (χ3n) is 2.83. The molecule has 3 nitrogen and oxygen atoms in total. The van der Waals surface area contributed by atoms with Crippen molar-refractivity contribution in [3.63, 3.8) is 0 Å². The van der Waals surface area contributed by atoms with E-state index in [9.17, 15) is 4.79 Å². The number of ether oxygens (including phenoxy) is 1. The molecule has 0 bridgehead atoms. The molecule has 108 valence electrons. The van der Waals surface area contributed by atoms with Crippen LogP contribution in [0.2, 0.25) is 0 Å². The highest BCUT2D eigenvalue weighted by atomic mass is 32.2. The zero-order valence-corrected chi connectivity index (χ0v) is 13.1. The van der Waals surface area contributed by atoms with Crippen LogP contribution in [0.5, 0.6) is 0 Å². The second-order valence-corrected chi connectivity index (χ2v) is 6.44. The molecular weight excluding hydrogens is 270 g/mol. The van der Waals surface area contributed by atoms with Gasteiger partial charge in [-0.25, -0.2) is 0 Å². The highest BCUT2D eigenvalue weighted by Crippen LogP contribution is 2.19. The van der Waals surface area contributed by atoms with Gasteiger partial charge in [0.15, 0.2) is 0 Å². The first-order valence-electron chi connectivity index (χ1n) is 6.80. The molecule has 1 atom stereocenters. The van der Waals surface area contributed by atoms with Gasteiger partial charge in [-0.1, -0.05) is 26.0 Å². The van der Waals surface area contributed by atoms with E-state index in [4.69, 9.17) is 10.00 Å². The number of rotatable bonds is 7.